The van der Waals surface area contributed by atoms with Gasteiger partial charge in [0.2, 0.25) is 0 Å². The van der Waals surface area contributed by atoms with Crippen LogP contribution in [0, 0.1) is 0 Å². The zero-order valence-electron chi connectivity index (χ0n) is 19.2. The van der Waals surface area contributed by atoms with E-state index in [0.29, 0.717) is 28.5 Å². The van der Waals surface area contributed by atoms with Crippen molar-refractivity contribution in [3.05, 3.63) is 76.8 Å². The highest BCUT2D eigenvalue weighted by Gasteiger charge is 2.27. The number of nitrogens with zero attached hydrogens (tertiary/aromatic N) is 2. The van der Waals surface area contributed by atoms with Gasteiger partial charge in [0.15, 0.2) is 0 Å². The highest BCUT2D eigenvalue weighted by atomic mass is 35.5. The van der Waals surface area contributed by atoms with E-state index in [-0.39, 0.29) is 11.9 Å². The summed E-state index contributed by atoms with van der Waals surface area (Å²) in [4.78, 5) is 36.3. The number of piperidine rings is 1. The first kappa shape index (κ1) is 26.9. The van der Waals surface area contributed by atoms with Crippen molar-refractivity contribution in [2.45, 2.75) is 25.4 Å². The van der Waals surface area contributed by atoms with Gasteiger partial charge in [0.05, 0.1) is 12.7 Å². The fourth-order valence-corrected chi connectivity index (χ4v) is 3.82. The number of aliphatic carboxylic acids is 2. The molecule has 0 saturated carbocycles. The summed E-state index contributed by atoms with van der Waals surface area (Å²) in [5, 5.41) is 16.2. The number of hydrogen-bond acceptors (Lipinski definition) is 5. The van der Waals surface area contributed by atoms with Crippen LogP contribution in [0.1, 0.15) is 28.8 Å². The number of likely N-dealkylation sites (tertiary alicyclic amines) is 1. The highest BCUT2D eigenvalue weighted by molar-refractivity contribution is 6.31. The molecule has 8 nitrogen and oxygen atoms in total. The second-order valence-corrected chi connectivity index (χ2v) is 8.20. The fourth-order valence-electron chi connectivity index (χ4n) is 3.65. The standard InChI is InChI=1S/C21H25ClN2O2.C4H4O4/c1-23(21(25)19-14-17(22)8-9-20(19)26-2)18-10-12-24(13-11-18)15-16-6-4-3-5-7-16;5-3(6)1-2-4(7)8/h3-9,14,18H,10-13,15H2,1-2H3;1-2H,(H,5,6)(H,7,8). The zero-order chi connectivity index (χ0) is 25.1. The zero-order valence-corrected chi connectivity index (χ0v) is 19.9. The van der Waals surface area contributed by atoms with E-state index in [1.807, 2.05) is 18.0 Å². The lowest BCUT2D eigenvalue weighted by molar-refractivity contribution is -0.134. The Balaban J connectivity index is 0.000000440. The molecule has 2 aromatic carbocycles. The predicted molar refractivity (Wildman–Crippen MR) is 129 cm³/mol. The van der Waals surface area contributed by atoms with Crippen LogP contribution in [0.3, 0.4) is 0 Å². The summed E-state index contributed by atoms with van der Waals surface area (Å²) in [5.74, 6) is -1.99. The van der Waals surface area contributed by atoms with Crippen molar-refractivity contribution in [3.63, 3.8) is 0 Å². The predicted octanol–water partition coefficient (Wildman–Crippen LogP) is 3.80. The van der Waals surface area contributed by atoms with Crippen LogP contribution in [0.2, 0.25) is 5.02 Å². The van der Waals surface area contributed by atoms with Crippen LogP contribution in [-0.4, -0.2) is 71.1 Å². The molecule has 1 fully saturated rings. The van der Waals surface area contributed by atoms with Gasteiger partial charge in [-0.15, -0.1) is 0 Å². The average Bonchev–Trinajstić information content (AvgIpc) is 2.83. The van der Waals surface area contributed by atoms with Gasteiger partial charge in [0, 0.05) is 49.9 Å². The minimum absolute atomic E-state index is 0.0362. The lowest BCUT2D eigenvalue weighted by Gasteiger charge is -2.37. The van der Waals surface area contributed by atoms with Crippen LogP contribution in [0.4, 0.5) is 0 Å². The molecule has 1 aliphatic rings. The summed E-state index contributed by atoms with van der Waals surface area (Å²) in [5.41, 5.74) is 1.85. The molecule has 1 aliphatic heterocycles. The molecule has 0 aromatic heterocycles. The van der Waals surface area contributed by atoms with Gasteiger partial charge in [0.1, 0.15) is 5.75 Å². The van der Waals surface area contributed by atoms with E-state index < -0.39 is 11.9 Å². The van der Waals surface area contributed by atoms with E-state index in [0.717, 1.165) is 32.5 Å². The van der Waals surface area contributed by atoms with Crippen LogP contribution >= 0.6 is 11.6 Å². The first-order chi connectivity index (χ1) is 16.2. The fraction of sp³-hybridized carbons (Fsp3) is 0.320. The van der Waals surface area contributed by atoms with Crippen LogP contribution in [0.5, 0.6) is 5.75 Å². The van der Waals surface area contributed by atoms with Crippen LogP contribution in [-0.2, 0) is 16.1 Å². The summed E-state index contributed by atoms with van der Waals surface area (Å²) in [6.45, 7) is 2.95. The molecule has 2 aromatic rings. The van der Waals surface area contributed by atoms with E-state index in [1.54, 1.807) is 25.3 Å². The number of carboxylic acids is 2. The van der Waals surface area contributed by atoms with E-state index in [2.05, 4.69) is 29.2 Å². The van der Waals surface area contributed by atoms with Gasteiger partial charge in [-0.2, -0.15) is 0 Å². The van der Waals surface area contributed by atoms with Crippen molar-refractivity contribution >= 4 is 29.4 Å². The first-order valence-corrected chi connectivity index (χ1v) is 11.1. The SMILES string of the molecule is COc1ccc(Cl)cc1C(=O)N(C)C1CCN(Cc2ccccc2)CC1.O=C(O)C=CC(=O)O. The number of carbonyl (C=O) groups excluding carboxylic acids is 1. The van der Waals surface area contributed by atoms with Crippen molar-refractivity contribution in [2.24, 2.45) is 0 Å². The van der Waals surface area contributed by atoms with Crippen molar-refractivity contribution in [2.75, 3.05) is 27.2 Å². The molecule has 0 atom stereocenters. The van der Waals surface area contributed by atoms with E-state index in [4.69, 9.17) is 26.6 Å². The molecule has 1 amide bonds. The molecule has 1 saturated heterocycles. The van der Waals surface area contributed by atoms with E-state index in [1.165, 1.54) is 5.56 Å². The van der Waals surface area contributed by atoms with Gasteiger partial charge in [-0.1, -0.05) is 41.9 Å². The molecule has 9 heteroatoms. The van der Waals surface area contributed by atoms with Gasteiger partial charge in [-0.05, 0) is 36.6 Å². The Bertz CT molecular complexity index is 988. The topological polar surface area (TPSA) is 107 Å². The van der Waals surface area contributed by atoms with Crippen LogP contribution in [0.25, 0.3) is 0 Å². The molecule has 182 valence electrons. The Kier molecular flexibility index (Phi) is 10.6. The Morgan fingerprint density at radius 2 is 1.65 bits per heavy atom. The summed E-state index contributed by atoms with van der Waals surface area (Å²) in [7, 11) is 3.45. The summed E-state index contributed by atoms with van der Waals surface area (Å²) < 4.78 is 5.33. The maximum absolute atomic E-state index is 12.9. The molecule has 0 aliphatic carbocycles. The Morgan fingerprint density at radius 1 is 1.06 bits per heavy atom. The highest BCUT2D eigenvalue weighted by Crippen LogP contribution is 2.26. The van der Waals surface area contributed by atoms with Crippen molar-refractivity contribution in [1.82, 2.24) is 9.80 Å². The summed E-state index contributed by atoms with van der Waals surface area (Å²) >= 11 is 6.07. The summed E-state index contributed by atoms with van der Waals surface area (Å²) in [6.07, 6.45) is 3.06. The monoisotopic (exact) mass is 488 g/mol. The van der Waals surface area contributed by atoms with Gasteiger partial charge in [0.25, 0.3) is 5.91 Å². The quantitative estimate of drug-likeness (QED) is 0.571. The van der Waals surface area contributed by atoms with Crippen LogP contribution in [0.15, 0.2) is 60.7 Å². The second kappa shape index (κ2) is 13.4. The molecule has 0 radical (unpaired) electrons. The first-order valence-electron chi connectivity index (χ1n) is 10.7. The van der Waals surface area contributed by atoms with E-state index in [9.17, 15) is 14.4 Å². The smallest absolute Gasteiger partial charge is 0.328 e. The molecule has 0 spiro atoms. The van der Waals surface area contributed by atoms with Crippen molar-refractivity contribution in [3.8, 4) is 5.75 Å². The molecule has 3 rings (SSSR count). The second-order valence-electron chi connectivity index (χ2n) is 7.76. The number of amides is 1. The number of carboxylic acid groups (broad SMARTS) is 2. The minimum atomic E-state index is -1.26. The van der Waals surface area contributed by atoms with Crippen molar-refractivity contribution < 1.29 is 29.3 Å². The number of hydrogen-bond donors (Lipinski definition) is 2. The van der Waals surface area contributed by atoms with Gasteiger partial charge < -0.3 is 19.8 Å². The number of ether oxygens (including phenoxy) is 1. The third-order valence-corrected chi connectivity index (χ3v) is 5.67. The van der Waals surface area contributed by atoms with Gasteiger partial charge in [-0.3, -0.25) is 9.69 Å². The third-order valence-electron chi connectivity index (χ3n) is 5.43. The molecule has 34 heavy (non-hydrogen) atoms. The van der Waals surface area contributed by atoms with Gasteiger partial charge in [-0.25, -0.2) is 9.59 Å². The molecule has 2 N–H and O–H groups in total. The minimum Gasteiger partial charge on any atom is -0.496 e. The molecule has 1 heterocycles. The average molecular weight is 489 g/mol. The summed E-state index contributed by atoms with van der Waals surface area (Å²) in [6, 6.07) is 15.9. The Labute approximate surface area is 204 Å². The molecule has 0 unspecified atom stereocenters. The van der Waals surface area contributed by atoms with E-state index >= 15 is 0 Å². The molecular formula is C25H29ClN2O6. The van der Waals surface area contributed by atoms with Crippen LogP contribution < -0.4 is 4.74 Å². The number of rotatable bonds is 7. The van der Waals surface area contributed by atoms with Gasteiger partial charge >= 0.3 is 11.9 Å². The third kappa shape index (κ3) is 8.53. The number of halogens is 1. The number of benzene rings is 2. The van der Waals surface area contributed by atoms with Crippen molar-refractivity contribution in [1.29, 1.82) is 0 Å². The molecular weight excluding hydrogens is 460 g/mol. The number of carbonyl (C=O) groups is 3. The normalized spacial score (nSPS) is 14.2. The Morgan fingerprint density at radius 3 is 2.18 bits per heavy atom. The number of methoxy groups -OCH3 is 1. The lowest BCUT2D eigenvalue weighted by atomic mass is 10.0. The maximum Gasteiger partial charge on any atom is 0.328 e. The Hall–Kier alpha value is -3.36. The molecule has 0 bridgehead atoms. The largest absolute Gasteiger partial charge is 0.496 e. The lowest BCUT2D eigenvalue weighted by Crippen LogP contribution is -2.45. The maximum atomic E-state index is 12.9.